The third-order valence-electron chi connectivity index (χ3n) is 3.80. The zero-order chi connectivity index (χ0) is 19.2. The molecule has 0 saturated carbocycles. The quantitative estimate of drug-likeness (QED) is 0.564. The number of carbonyl (C=O) groups is 1. The maximum absolute atomic E-state index is 12.6. The van der Waals surface area contributed by atoms with E-state index in [0.29, 0.717) is 27.0 Å². The van der Waals surface area contributed by atoms with E-state index in [0.717, 1.165) is 11.3 Å². The predicted octanol–water partition coefficient (Wildman–Crippen LogP) is 5.83. The Hall–Kier alpha value is -2.69. The fraction of sp³-hybridized carbons (Fsp3) is 0.0952. The van der Waals surface area contributed by atoms with Crippen LogP contribution in [0.4, 0.5) is 5.69 Å². The van der Waals surface area contributed by atoms with Crippen LogP contribution in [0, 0.1) is 0 Å². The number of amides is 1. The molecule has 0 aliphatic carbocycles. The highest BCUT2D eigenvalue weighted by Crippen LogP contribution is 2.25. The first-order valence-corrected chi connectivity index (χ1v) is 8.93. The van der Waals surface area contributed by atoms with E-state index >= 15 is 0 Å². The highest BCUT2D eigenvalue weighted by atomic mass is 35.5. The van der Waals surface area contributed by atoms with Gasteiger partial charge in [-0.1, -0.05) is 41.4 Å². The van der Waals surface area contributed by atoms with E-state index in [4.69, 9.17) is 32.7 Å². The van der Waals surface area contributed by atoms with Crippen molar-refractivity contribution in [2.75, 3.05) is 12.4 Å². The van der Waals surface area contributed by atoms with Crippen LogP contribution in [0.15, 0.2) is 66.7 Å². The smallest absolute Gasteiger partial charge is 0.255 e. The minimum atomic E-state index is -0.281. The molecule has 0 radical (unpaired) electrons. The molecule has 3 aromatic carbocycles. The monoisotopic (exact) mass is 401 g/mol. The predicted molar refractivity (Wildman–Crippen MR) is 108 cm³/mol. The number of methoxy groups -OCH3 is 1. The number of halogens is 2. The number of anilines is 1. The second-order valence-corrected chi connectivity index (χ2v) is 6.61. The van der Waals surface area contributed by atoms with E-state index in [1.54, 1.807) is 43.5 Å². The maximum atomic E-state index is 12.6. The van der Waals surface area contributed by atoms with Gasteiger partial charge >= 0.3 is 0 Å². The van der Waals surface area contributed by atoms with Crippen molar-refractivity contribution in [3.8, 4) is 11.5 Å². The zero-order valence-corrected chi connectivity index (χ0v) is 16.1. The summed E-state index contributed by atoms with van der Waals surface area (Å²) in [5, 5.41) is 3.69. The van der Waals surface area contributed by atoms with Gasteiger partial charge in [0.05, 0.1) is 7.11 Å². The Labute approximate surface area is 167 Å². The average molecular weight is 402 g/mol. The molecule has 3 aromatic rings. The Morgan fingerprint density at radius 1 is 0.963 bits per heavy atom. The third-order valence-corrected chi connectivity index (χ3v) is 4.24. The van der Waals surface area contributed by atoms with Crippen molar-refractivity contribution in [2.24, 2.45) is 0 Å². The van der Waals surface area contributed by atoms with Crippen molar-refractivity contribution in [3.63, 3.8) is 0 Å². The molecule has 0 bridgehead atoms. The average Bonchev–Trinajstić information content (AvgIpc) is 2.66. The number of para-hydroxylation sites is 1. The molecule has 27 heavy (non-hydrogen) atoms. The highest BCUT2D eigenvalue weighted by molar-refractivity contribution is 6.35. The first-order valence-electron chi connectivity index (χ1n) is 8.17. The summed E-state index contributed by atoms with van der Waals surface area (Å²) in [6.07, 6.45) is 0. The Bertz CT molecular complexity index is 925. The standard InChI is InChI=1S/C21H17Cl2NO3/c1-26-20-8-7-14(9-15(20)13-27-19-5-3-2-4-6-19)21(25)24-18-11-16(22)10-17(23)12-18/h2-12H,13H2,1H3,(H,24,25). The highest BCUT2D eigenvalue weighted by Gasteiger charge is 2.12. The van der Waals surface area contributed by atoms with Crippen LogP contribution in [0.5, 0.6) is 11.5 Å². The molecule has 0 unspecified atom stereocenters. The number of nitrogens with one attached hydrogen (secondary N) is 1. The molecule has 1 amide bonds. The van der Waals surface area contributed by atoms with Crippen LogP contribution in [-0.4, -0.2) is 13.0 Å². The van der Waals surface area contributed by atoms with Gasteiger partial charge in [0.15, 0.2) is 0 Å². The van der Waals surface area contributed by atoms with Gasteiger partial charge in [-0.3, -0.25) is 4.79 Å². The largest absolute Gasteiger partial charge is 0.496 e. The Balaban J connectivity index is 1.78. The molecule has 0 heterocycles. The van der Waals surface area contributed by atoms with Crippen molar-refractivity contribution >= 4 is 34.8 Å². The molecule has 138 valence electrons. The lowest BCUT2D eigenvalue weighted by Crippen LogP contribution is -2.13. The van der Waals surface area contributed by atoms with Crippen molar-refractivity contribution < 1.29 is 14.3 Å². The second-order valence-electron chi connectivity index (χ2n) is 5.74. The molecule has 0 atom stereocenters. The summed E-state index contributed by atoms with van der Waals surface area (Å²) >= 11 is 12.0. The maximum Gasteiger partial charge on any atom is 0.255 e. The van der Waals surface area contributed by atoms with Crippen LogP contribution < -0.4 is 14.8 Å². The normalized spacial score (nSPS) is 10.3. The van der Waals surface area contributed by atoms with Crippen LogP contribution in [0.1, 0.15) is 15.9 Å². The van der Waals surface area contributed by atoms with Gasteiger partial charge in [0.1, 0.15) is 18.1 Å². The number of ether oxygens (including phenoxy) is 2. The van der Waals surface area contributed by atoms with E-state index in [9.17, 15) is 4.79 Å². The lowest BCUT2D eigenvalue weighted by molar-refractivity contribution is 0.102. The van der Waals surface area contributed by atoms with Crippen molar-refractivity contribution in [1.29, 1.82) is 0 Å². The van der Waals surface area contributed by atoms with Crippen molar-refractivity contribution in [1.82, 2.24) is 0 Å². The van der Waals surface area contributed by atoms with Gasteiger partial charge in [-0.05, 0) is 48.5 Å². The van der Waals surface area contributed by atoms with E-state index < -0.39 is 0 Å². The molecule has 0 aliphatic heterocycles. The minimum Gasteiger partial charge on any atom is -0.496 e. The van der Waals surface area contributed by atoms with Crippen LogP contribution >= 0.6 is 23.2 Å². The van der Waals surface area contributed by atoms with Gasteiger partial charge in [-0.2, -0.15) is 0 Å². The summed E-state index contributed by atoms with van der Waals surface area (Å²) < 4.78 is 11.1. The third kappa shape index (κ3) is 5.16. The number of hydrogen-bond donors (Lipinski definition) is 1. The molecule has 0 aromatic heterocycles. The van der Waals surface area contributed by atoms with Crippen LogP contribution in [0.3, 0.4) is 0 Å². The minimum absolute atomic E-state index is 0.275. The first kappa shape index (κ1) is 19.1. The SMILES string of the molecule is COc1ccc(C(=O)Nc2cc(Cl)cc(Cl)c2)cc1COc1ccccc1. The van der Waals surface area contributed by atoms with Crippen LogP contribution in [0.25, 0.3) is 0 Å². The van der Waals surface area contributed by atoms with Crippen molar-refractivity contribution in [3.05, 3.63) is 87.9 Å². The van der Waals surface area contributed by atoms with Gasteiger partial charge in [0.25, 0.3) is 5.91 Å². The van der Waals surface area contributed by atoms with Gasteiger partial charge in [-0.25, -0.2) is 0 Å². The molecular weight excluding hydrogens is 385 g/mol. The summed E-state index contributed by atoms with van der Waals surface area (Å²) in [7, 11) is 1.58. The molecule has 0 aliphatic rings. The second kappa shape index (κ2) is 8.80. The number of rotatable bonds is 6. The van der Waals surface area contributed by atoms with E-state index in [1.165, 1.54) is 0 Å². The molecule has 3 rings (SSSR count). The lowest BCUT2D eigenvalue weighted by Gasteiger charge is -2.12. The lowest BCUT2D eigenvalue weighted by atomic mass is 10.1. The fourth-order valence-electron chi connectivity index (χ4n) is 2.54. The van der Waals surface area contributed by atoms with Gasteiger partial charge in [0.2, 0.25) is 0 Å². The summed E-state index contributed by atoms with van der Waals surface area (Å²) in [6.45, 7) is 0.275. The summed E-state index contributed by atoms with van der Waals surface area (Å²) in [6, 6.07) is 19.5. The molecular formula is C21H17Cl2NO3. The number of carbonyl (C=O) groups excluding carboxylic acids is 1. The molecule has 0 saturated heterocycles. The molecule has 0 spiro atoms. The molecule has 6 heteroatoms. The van der Waals surface area contributed by atoms with Crippen LogP contribution in [-0.2, 0) is 6.61 Å². The van der Waals surface area contributed by atoms with E-state index in [-0.39, 0.29) is 12.5 Å². The summed E-state index contributed by atoms with van der Waals surface area (Å²) in [5.41, 5.74) is 1.76. The van der Waals surface area contributed by atoms with Gasteiger partial charge < -0.3 is 14.8 Å². The molecule has 0 fully saturated rings. The van der Waals surface area contributed by atoms with Gasteiger partial charge in [-0.15, -0.1) is 0 Å². The van der Waals surface area contributed by atoms with Crippen LogP contribution in [0.2, 0.25) is 10.0 Å². The van der Waals surface area contributed by atoms with Gasteiger partial charge in [0, 0.05) is 26.9 Å². The summed E-state index contributed by atoms with van der Waals surface area (Å²) in [5.74, 6) is 1.10. The Kier molecular flexibility index (Phi) is 6.22. The number of benzene rings is 3. The number of hydrogen-bond acceptors (Lipinski definition) is 3. The Morgan fingerprint density at radius 2 is 1.67 bits per heavy atom. The zero-order valence-electron chi connectivity index (χ0n) is 14.5. The van der Waals surface area contributed by atoms with E-state index in [2.05, 4.69) is 5.32 Å². The molecule has 4 nitrogen and oxygen atoms in total. The topological polar surface area (TPSA) is 47.6 Å². The Morgan fingerprint density at radius 3 is 2.33 bits per heavy atom. The first-order chi connectivity index (χ1) is 13.0. The van der Waals surface area contributed by atoms with E-state index in [1.807, 2.05) is 30.3 Å². The summed E-state index contributed by atoms with van der Waals surface area (Å²) in [4.78, 5) is 12.6. The fourth-order valence-corrected chi connectivity index (χ4v) is 3.07. The molecule has 1 N–H and O–H groups in total. The van der Waals surface area contributed by atoms with Crippen molar-refractivity contribution in [2.45, 2.75) is 6.61 Å².